The van der Waals surface area contributed by atoms with Gasteiger partial charge in [-0.05, 0) is 6.92 Å². The molecule has 0 amide bonds. The molecule has 3 unspecified atom stereocenters. The van der Waals surface area contributed by atoms with E-state index in [1.54, 1.807) is 0 Å². The van der Waals surface area contributed by atoms with E-state index in [4.69, 9.17) is 14.9 Å². The van der Waals surface area contributed by atoms with Crippen LogP contribution in [0.5, 0.6) is 0 Å². The molecule has 0 radical (unpaired) electrons. The largest absolute Gasteiger partial charge is 0.456 e. The van der Waals surface area contributed by atoms with Crippen molar-refractivity contribution in [3.05, 3.63) is 18.4 Å². The second-order valence-electron chi connectivity index (χ2n) is 4.83. The van der Waals surface area contributed by atoms with Gasteiger partial charge in [-0.1, -0.05) is 0 Å². The van der Waals surface area contributed by atoms with Crippen LogP contribution in [0.2, 0.25) is 0 Å². The molecule has 0 bridgehead atoms. The van der Waals surface area contributed by atoms with Crippen LogP contribution in [0.4, 0.5) is 13.2 Å². The van der Waals surface area contributed by atoms with Gasteiger partial charge in [-0.15, -0.1) is 0 Å². The quantitative estimate of drug-likeness (QED) is 0.858. The highest BCUT2D eigenvalue weighted by Gasteiger charge is 2.48. The number of nitrogens with zero attached hydrogens (tertiary/aromatic N) is 2. The number of ether oxygens (including phenoxy) is 1. The summed E-state index contributed by atoms with van der Waals surface area (Å²) in [5, 5.41) is 0. The van der Waals surface area contributed by atoms with Gasteiger partial charge in [0, 0.05) is 12.8 Å². The Hall–Kier alpha value is -2.06. The molecule has 0 saturated heterocycles. The second-order valence-corrected chi connectivity index (χ2v) is 4.83. The van der Waals surface area contributed by atoms with Crippen LogP contribution in [-0.4, -0.2) is 35.1 Å². The fourth-order valence-electron chi connectivity index (χ4n) is 2.21. The van der Waals surface area contributed by atoms with Crippen LogP contribution in [-0.2, 0) is 4.74 Å². The van der Waals surface area contributed by atoms with Crippen molar-refractivity contribution < 1.29 is 27.1 Å². The zero-order valence-corrected chi connectivity index (χ0v) is 11.1. The number of aliphatic imine (C=N–C) groups is 1. The maximum absolute atomic E-state index is 12.9. The lowest BCUT2D eigenvalue weighted by Gasteiger charge is -2.23. The van der Waals surface area contributed by atoms with E-state index in [9.17, 15) is 18.0 Å². The number of amidine groups is 1. The Morgan fingerprint density at radius 3 is 2.90 bits per heavy atom. The summed E-state index contributed by atoms with van der Waals surface area (Å²) in [6.45, 7) is 1.48. The summed E-state index contributed by atoms with van der Waals surface area (Å²) < 4.78 is 48.3. The van der Waals surface area contributed by atoms with E-state index in [2.05, 4.69) is 9.98 Å². The Kier molecular flexibility index (Phi) is 4.19. The average molecular weight is 305 g/mol. The number of oxazole rings is 1. The number of carbonyl (C=O) groups excluding carboxylic acids is 1. The number of halogens is 3. The van der Waals surface area contributed by atoms with E-state index in [-0.39, 0.29) is 24.6 Å². The Morgan fingerprint density at radius 2 is 2.33 bits per heavy atom. The summed E-state index contributed by atoms with van der Waals surface area (Å²) in [5.41, 5.74) is 5.38. The number of hydrogen-bond acceptors (Lipinski definition) is 6. The molecule has 0 fully saturated rings. The summed E-state index contributed by atoms with van der Waals surface area (Å²) >= 11 is 0. The summed E-state index contributed by atoms with van der Waals surface area (Å²) in [7, 11) is 0. The van der Waals surface area contributed by atoms with Crippen molar-refractivity contribution in [1.82, 2.24) is 4.98 Å². The maximum atomic E-state index is 12.9. The van der Waals surface area contributed by atoms with Crippen LogP contribution in [0.25, 0.3) is 0 Å². The standard InChI is InChI=1S/C12H14F3N3O3/c1-6(21-11(19)10-17-2-3-20-10)4-8-7(12(13,14)15)5-9(16)18-8/h2-3,6-8H,4-5H2,1H3,(H2,16,18). The Morgan fingerprint density at radius 1 is 1.62 bits per heavy atom. The molecule has 9 heteroatoms. The minimum absolute atomic E-state index is 0.0337. The first-order valence-electron chi connectivity index (χ1n) is 6.26. The molecule has 0 aliphatic carbocycles. The Labute approximate surface area is 118 Å². The third-order valence-corrected chi connectivity index (χ3v) is 3.13. The molecule has 0 aromatic carbocycles. The molecule has 2 rings (SSSR count). The van der Waals surface area contributed by atoms with E-state index in [0.29, 0.717) is 0 Å². The van der Waals surface area contributed by atoms with Crippen LogP contribution in [0.3, 0.4) is 0 Å². The van der Waals surface area contributed by atoms with Crippen molar-refractivity contribution in [2.45, 2.75) is 38.1 Å². The Balaban J connectivity index is 1.95. The van der Waals surface area contributed by atoms with Crippen molar-refractivity contribution >= 4 is 11.8 Å². The van der Waals surface area contributed by atoms with Gasteiger partial charge >= 0.3 is 18.0 Å². The molecule has 21 heavy (non-hydrogen) atoms. The van der Waals surface area contributed by atoms with Crippen LogP contribution in [0, 0.1) is 5.92 Å². The number of rotatable bonds is 4. The molecule has 116 valence electrons. The Bertz CT molecular complexity index is 528. The highest BCUT2D eigenvalue weighted by Crippen LogP contribution is 2.38. The average Bonchev–Trinajstić information content (AvgIpc) is 2.97. The topological polar surface area (TPSA) is 90.7 Å². The molecule has 0 saturated carbocycles. The van der Waals surface area contributed by atoms with Crippen LogP contribution in [0.1, 0.15) is 30.5 Å². The van der Waals surface area contributed by atoms with E-state index in [1.165, 1.54) is 19.4 Å². The third kappa shape index (κ3) is 3.73. The minimum atomic E-state index is -4.39. The lowest BCUT2D eigenvalue weighted by molar-refractivity contribution is -0.177. The molecule has 6 nitrogen and oxygen atoms in total. The van der Waals surface area contributed by atoms with Gasteiger partial charge in [0.2, 0.25) is 0 Å². The predicted octanol–water partition coefficient (Wildman–Crippen LogP) is 1.92. The van der Waals surface area contributed by atoms with E-state index < -0.39 is 30.2 Å². The molecule has 1 aromatic heterocycles. The maximum Gasteiger partial charge on any atom is 0.394 e. The van der Waals surface area contributed by atoms with Crippen molar-refractivity contribution in [2.24, 2.45) is 16.6 Å². The molecule has 2 N–H and O–H groups in total. The number of esters is 1. The van der Waals surface area contributed by atoms with Gasteiger partial charge in [0.05, 0.1) is 24.0 Å². The molecular formula is C12H14F3N3O3. The van der Waals surface area contributed by atoms with Gasteiger partial charge in [0.1, 0.15) is 12.4 Å². The first kappa shape index (κ1) is 15.3. The normalized spacial score (nSPS) is 23.7. The molecular weight excluding hydrogens is 291 g/mol. The molecule has 3 atom stereocenters. The first-order chi connectivity index (χ1) is 9.77. The monoisotopic (exact) mass is 305 g/mol. The predicted molar refractivity (Wildman–Crippen MR) is 65.6 cm³/mol. The van der Waals surface area contributed by atoms with Crippen molar-refractivity contribution in [3.63, 3.8) is 0 Å². The first-order valence-corrected chi connectivity index (χ1v) is 6.26. The number of hydrogen-bond donors (Lipinski definition) is 1. The number of carbonyl (C=O) groups is 1. The third-order valence-electron chi connectivity index (χ3n) is 3.13. The fourth-order valence-corrected chi connectivity index (χ4v) is 2.21. The van der Waals surface area contributed by atoms with Gasteiger partial charge < -0.3 is 14.9 Å². The van der Waals surface area contributed by atoms with Crippen LogP contribution in [0.15, 0.2) is 21.9 Å². The van der Waals surface area contributed by atoms with Gasteiger partial charge in [-0.3, -0.25) is 4.99 Å². The van der Waals surface area contributed by atoms with E-state index in [0.717, 1.165) is 0 Å². The lowest BCUT2D eigenvalue weighted by Crippen LogP contribution is -2.33. The smallest absolute Gasteiger partial charge is 0.394 e. The number of nitrogens with two attached hydrogens (primary N) is 1. The number of alkyl halides is 3. The summed E-state index contributed by atoms with van der Waals surface area (Å²) in [5.74, 6) is -2.75. The summed E-state index contributed by atoms with van der Waals surface area (Å²) in [6, 6.07) is -1.04. The van der Waals surface area contributed by atoms with Gasteiger partial charge in [0.25, 0.3) is 0 Å². The van der Waals surface area contributed by atoms with Crippen molar-refractivity contribution in [2.75, 3.05) is 0 Å². The lowest BCUT2D eigenvalue weighted by atomic mass is 9.94. The summed E-state index contributed by atoms with van der Waals surface area (Å²) in [6.07, 6.45) is -3.09. The molecule has 1 aromatic rings. The second kappa shape index (κ2) is 5.74. The van der Waals surface area contributed by atoms with Gasteiger partial charge in [0.15, 0.2) is 0 Å². The molecule has 2 heterocycles. The zero-order valence-electron chi connectivity index (χ0n) is 11.1. The summed E-state index contributed by atoms with van der Waals surface area (Å²) in [4.78, 5) is 19.0. The van der Waals surface area contributed by atoms with Crippen molar-refractivity contribution in [1.29, 1.82) is 0 Å². The zero-order chi connectivity index (χ0) is 15.6. The van der Waals surface area contributed by atoms with E-state index in [1.807, 2.05) is 0 Å². The van der Waals surface area contributed by atoms with E-state index >= 15 is 0 Å². The highest BCUT2D eigenvalue weighted by atomic mass is 19.4. The highest BCUT2D eigenvalue weighted by molar-refractivity contribution is 5.84. The fraction of sp³-hybridized carbons (Fsp3) is 0.583. The van der Waals surface area contributed by atoms with Gasteiger partial charge in [-0.2, -0.15) is 13.2 Å². The van der Waals surface area contributed by atoms with Gasteiger partial charge in [-0.25, -0.2) is 9.78 Å². The van der Waals surface area contributed by atoms with Crippen LogP contribution >= 0.6 is 0 Å². The van der Waals surface area contributed by atoms with Crippen molar-refractivity contribution in [3.8, 4) is 0 Å². The molecule has 1 aliphatic heterocycles. The minimum Gasteiger partial charge on any atom is -0.456 e. The number of aromatic nitrogens is 1. The molecule has 0 spiro atoms. The SMILES string of the molecule is CC(CC1N=C(N)CC1C(F)(F)F)OC(=O)c1ncco1. The molecule has 1 aliphatic rings. The van der Waals surface area contributed by atoms with Crippen LogP contribution < -0.4 is 5.73 Å².